The van der Waals surface area contributed by atoms with Gasteiger partial charge in [0.1, 0.15) is 6.04 Å². The number of aryl methyl sites for hydroxylation is 1. The molecule has 2 heterocycles. The van der Waals surface area contributed by atoms with Crippen LogP contribution in [0.15, 0.2) is 35.1 Å². The highest BCUT2D eigenvalue weighted by Crippen LogP contribution is 2.33. The van der Waals surface area contributed by atoms with Crippen LogP contribution in [0.1, 0.15) is 28.7 Å². The topological polar surface area (TPSA) is 81.5 Å². The van der Waals surface area contributed by atoms with Crippen molar-refractivity contribution >= 4 is 23.6 Å². The molecular formula is C20H20F3N3O4S. The summed E-state index contributed by atoms with van der Waals surface area (Å²) < 4.78 is 46.4. The van der Waals surface area contributed by atoms with Crippen LogP contribution in [-0.4, -0.2) is 57.3 Å². The molecule has 31 heavy (non-hydrogen) atoms. The molecule has 1 aliphatic rings. The Morgan fingerprint density at radius 1 is 1.29 bits per heavy atom. The van der Waals surface area contributed by atoms with E-state index in [1.807, 2.05) is 0 Å². The molecule has 0 spiro atoms. The average Bonchev–Trinajstić information content (AvgIpc) is 2.73. The van der Waals surface area contributed by atoms with Gasteiger partial charge in [-0.25, -0.2) is 9.48 Å². The van der Waals surface area contributed by atoms with Crippen LogP contribution >= 0.6 is 11.8 Å². The molecule has 11 heteroatoms. The molecular weight excluding hydrogens is 435 g/mol. The number of aromatic nitrogens is 2. The van der Waals surface area contributed by atoms with Gasteiger partial charge >= 0.3 is 12.1 Å². The van der Waals surface area contributed by atoms with E-state index < -0.39 is 40.8 Å². The normalized spacial score (nSPS) is 16.8. The molecule has 1 fully saturated rings. The van der Waals surface area contributed by atoms with Crippen molar-refractivity contribution in [2.45, 2.75) is 26.1 Å². The number of ether oxygens (including phenoxy) is 1. The zero-order valence-electron chi connectivity index (χ0n) is 16.8. The van der Waals surface area contributed by atoms with Crippen LogP contribution in [0.25, 0.3) is 5.69 Å². The minimum absolute atomic E-state index is 0.131. The Kier molecular flexibility index (Phi) is 6.73. The summed E-state index contributed by atoms with van der Waals surface area (Å²) in [6.07, 6.45) is -4.66. The Hall–Kier alpha value is -2.82. The minimum atomic E-state index is -4.66. The molecule has 3 rings (SSSR count). The summed E-state index contributed by atoms with van der Waals surface area (Å²) in [6.45, 7) is 3.38. The number of benzene rings is 1. The molecule has 1 aromatic heterocycles. The third-order valence-electron chi connectivity index (χ3n) is 4.70. The summed E-state index contributed by atoms with van der Waals surface area (Å²) >= 11 is 1.46. The number of amides is 1. The molecule has 1 saturated heterocycles. The number of para-hydroxylation sites is 1. The van der Waals surface area contributed by atoms with Gasteiger partial charge in [0.05, 0.1) is 17.9 Å². The first-order chi connectivity index (χ1) is 14.6. The number of carbonyl (C=O) groups is 2. The van der Waals surface area contributed by atoms with Crippen molar-refractivity contribution in [3.63, 3.8) is 0 Å². The lowest BCUT2D eigenvalue weighted by atomic mass is 10.1. The van der Waals surface area contributed by atoms with Crippen LogP contribution in [0.2, 0.25) is 0 Å². The summed E-state index contributed by atoms with van der Waals surface area (Å²) in [5.41, 5.74) is -2.41. The Morgan fingerprint density at radius 3 is 2.68 bits per heavy atom. The number of hydrogen-bond donors (Lipinski definition) is 0. The lowest BCUT2D eigenvalue weighted by molar-refractivity contribution is -0.147. The third-order valence-corrected chi connectivity index (χ3v) is 5.72. The maximum absolute atomic E-state index is 13.5. The van der Waals surface area contributed by atoms with Gasteiger partial charge < -0.3 is 9.64 Å². The second-order valence-corrected chi connectivity index (χ2v) is 7.92. The van der Waals surface area contributed by atoms with Gasteiger partial charge in [-0.3, -0.25) is 9.59 Å². The van der Waals surface area contributed by atoms with Crippen molar-refractivity contribution in [1.29, 1.82) is 0 Å². The van der Waals surface area contributed by atoms with E-state index in [9.17, 15) is 27.6 Å². The van der Waals surface area contributed by atoms with Gasteiger partial charge in [-0.2, -0.15) is 30.0 Å². The smallest absolute Gasteiger partial charge is 0.418 e. The lowest BCUT2D eigenvalue weighted by Crippen LogP contribution is -2.52. The fraction of sp³-hybridized carbons (Fsp3) is 0.400. The Morgan fingerprint density at radius 2 is 2.00 bits per heavy atom. The van der Waals surface area contributed by atoms with Crippen molar-refractivity contribution in [3.8, 4) is 5.69 Å². The summed E-state index contributed by atoms with van der Waals surface area (Å²) in [6, 6.07) is 4.92. The van der Waals surface area contributed by atoms with Gasteiger partial charge in [-0.05, 0) is 26.0 Å². The molecule has 1 atom stereocenters. The fourth-order valence-corrected chi connectivity index (χ4v) is 4.29. The number of carbonyl (C=O) groups excluding carboxylic acids is 2. The highest BCUT2D eigenvalue weighted by atomic mass is 32.2. The summed E-state index contributed by atoms with van der Waals surface area (Å²) in [4.78, 5) is 39.1. The Labute approximate surface area is 180 Å². The third kappa shape index (κ3) is 4.76. The van der Waals surface area contributed by atoms with E-state index in [0.29, 0.717) is 11.5 Å². The zero-order valence-corrected chi connectivity index (χ0v) is 17.6. The van der Waals surface area contributed by atoms with E-state index in [1.165, 1.54) is 41.8 Å². The number of nitrogens with zero attached hydrogens (tertiary/aromatic N) is 3. The summed E-state index contributed by atoms with van der Waals surface area (Å²) in [7, 11) is 0. The summed E-state index contributed by atoms with van der Waals surface area (Å²) in [5.74, 6) is -0.584. The molecule has 166 valence electrons. The van der Waals surface area contributed by atoms with Gasteiger partial charge in [0.25, 0.3) is 5.91 Å². The molecule has 1 aromatic carbocycles. The number of alkyl halides is 3. The fourth-order valence-electron chi connectivity index (χ4n) is 3.25. The molecule has 7 nitrogen and oxygen atoms in total. The molecule has 0 radical (unpaired) electrons. The van der Waals surface area contributed by atoms with Crippen LogP contribution in [0.3, 0.4) is 0 Å². The maximum atomic E-state index is 13.5. The first kappa shape index (κ1) is 22.9. The minimum Gasteiger partial charge on any atom is -0.464 e. The lowest BCUT2D eigenvalue weighted by Gasteiger charge is -2.33. The van der Waals surface area contributed by atoms with E-state index in [2.05, 4.69) is 5.10 Å². The highest BCUT2D eigenvalue weighted by molar-refractivity contribution is 7.99. The number of esters is 1. The van der Waals surface area contributed by atoms with Gasteiger partial charge in [0, 0.05) is 29.8 Å². The predicted octanol–water partition coefficient (Wildman–Crippen LogP) is 2.68. The number of thioether (sulfide) groups is 1. The monoisotopic (exact) mass is 455 g/mol. The van der Waals surface area contributed by atoms with E-state index in [0.717, 1.165) is 16.8 Å². The number of hydrogen-bond acceptors (Lipinski definition) is 6. The van der Waals surface area contributed by atoms with Gasteiger partial charge in [-0.15, -0.1) is 0 Å². The first-order valence-corrected chi connectivity index (χ1v) is 10.6. The van der Waals surface area contributed by atoms with Crippen molar-refractivity contribution < 1.29 is 27.5 Å². The van der Waals surface area contributed by atoms with E-state index in [-0.39, 0.29) is 24.5 Å². The summed E-state index contributed by atoms with van der Waals surface area (Å²) in [5, 5.41) is 3.99. The second kappa shape index (κ2) is 9.13. The van der Waals surface area contributed by atoms with Crippen molar-refractivity contribution in [1.82, 2.24) is 14.7 Å². The Bertz CT molecular complexity index is 1050. The molecule has 0 bridgehead atoms. The second-order valence-electron chi connectivity index (χ2n) is 6.77. The molecule has 0 aliphatic carbocycles. The molecule has 2 aromatic rings. The molecule has 0 N–H and O–H groups in total. The van der Waals surface area contributed by atoms with Crippen molar-refractivity contribution in [2.75, 3.05) is 24.7 Å². The quantitative estimate of drug-likeness (QED) is 0.660. The van der Waals surface area contributed by atoms with Crippen LogP contribution in [0, 0.1) is 6.92 Å². The maximum Gasteiger partial charge on any atom is 0.418 e. The number of halogens is 3. The van der Waals surface area contributed by atoms with E-state index in [4.69, 9.17) is 4.74 Å². The van der Waals surface area contributed by atoms with Crippen LogP contribution in [0.5, 0.6) is 0 Å². The SMILES string of the molecule is CCOC(=O)[C@@H]1CSCCN1C(=O)c1nn(-c2ccccc2C(F)(F)F)c(C)cc1=O. The Balaban J connectivity index is 2.07. The van der Waals surface area contributed by atoms with Crippen molar-refractivity contribution in [3.05, 3.63) is 57.5 Å². The van der Waals surface area contributed by atoms with Crippen LogP contribution in [-0.2, 0) is 15.7 Å². The van der Waals surface area contributed by atoms with Gasteiger partial charge in [0.15, 0.2) is 5.69 Å². The van der Waals surface area contributed by atoms with Gasteiger partial charge in [0.2, 0.25) is 5.43 Å². The number of rotatable bonds is 4. The van der Waals surface area contributed by atoms with E-state index >= 15 is 0 Å². The van der Waals surface area contributed by atoms with Gasteiger partial charge in [-0.1, -0.05) is 12.1 Å². The van der Waals surface area contributed by atoms with Crippen LogP contribution in [0.4, 0.5) is 13.2 Å². The molecule has 0 unspecified atom stereocenters. The largest absolute Gasteiger partial charge is 0.464 e. The molecule has 0 saturated carbocycles. The predicted molar refractivity (Wildman–Crippen MR) is 108 cm³/mol. The molecule has 1 amide bonds. The molecule has 1 aliphatic heterocycles. The van der Waals surface area contributed by atoms with E-state index in [1.54, 1.807) is 6.92 Å². The van der Waals surface area contributed by atoms with Crippen molar-refractivity contribution in [2.24, 2.45) is 0 Å². The standard InChI is InChI=1S/C20H20F3N3O4S/c1-3-30-19(29)15-11-31-9-8-25(15)18(28)17-16(27)10-12(2)26(24-17)14-7-5-4-6-13(14)20(21,22)23/h4-7,10,15H,3,8-9,11H2,1-2H3/t15-/m0/s1. The first-order valence-electron chi connectivity index (χ1n) is 9.48. The zero-order chi connectivity index (χ0) is 22.8. The average molecular weight is 455 g/mol. The highest BCUT2D eigenvalue weighted by Gasteiger charge is 2.37. The van der Waals surface area contributed by atoms with Crippen LogP contribution < -0.4 is 5.43 Å².